The predicted octanol–water partition coefficient (Wildman–Crippen LogP) is 3.42. The molecule has 5 heteroatoms. The van der Waals surface area contributed by atoms with Gasteiger partial charge in [-0.25, -0.2) is 4.98 Å². The second kappa shape index (κ2) is 8.08. The topological polar surface area (TPSA) is 55.2 Å². The minimum Gasteiger partial charge on any atom is -0.333 e. The molecule has 0 aliphatic heterocycles. The molecule has 1 aromatic heterocycles. The van der Waals surface area contributed by atoms with Crippen LogP contribution < -0.4 is 5.56 Å². The SMILES string of the molecule is CCCC(=O)N(CCC)C(CC)c1nc2ccccc2c(=O)n1C. The Morgan fingerprint density at radius 2 is 1.92 bits per heavy atom. The molecule has 0 aliphatic rings. The zero-order chi connectivity index (χ0) is 17.7. The van der Waals surface area contributed by atoms with E-state index in [1.54, 1.807) is 17.7 Å². The van der Waals surface area contributed by atoms with Gasteiger partial charge in [0.05, 0.1) is 16.9 Å². The predicted molar refractivity (Wildman–Crippen MR) is 96.9 cm³/mol. The summed E-state index contributed by atoms with van der Waals surface area (Å²) < 4.78 is 1.60. The van der Waals surface area contributed by atoms with Crippen molar-refractivity contribution in [3.05, 3.63) is 40.4 Å². The second-order valence-electron chi connectivity index (χ2n) is 6.11. The monoisotopic (exact) mass is 329 g/mol. The van der Waals surface area contributed by atoms with Crippen LogP contribution in [0.5, 0.6) is 0 Å². The molecule has 0 fully saturated rings. The molecular formula is C19H27N3O2. The van der Waals surface area contributed by atoms with E-state index in [9.17, 15) is 9.59 Å². The Morgan fingerprint density at radius 3 is 2.54 bits per heavy atom. The number of carbonyl (C=O) groups is 1. The highest BCUT2D eigenvalue weighted by molar-refractivity contribution is 5.78. The average molecular weight is 329 g/mol. The van der Waals surface area contributed by atoms with Crippen LogP contribution in [0.3, 0.4) is 0 Å². The number of carbonyl (C=O) groups excluding carboxylic acids is 1. The molecule has 0 radical (unpaired) electrons. The van der Waals surface area contributed by atoms with Crippen LogP contribution >= 0.6 is 0 Å². The molecule has 2 rings (SSSR count). The molecule has 1 unspecified atom stereocenters. The summed E-state index contributed by atoms with van der Waals surface area (Å²) >= 11 is 0. The number of rotatable bonds is 7. The third-order valence-electron chi connectivity index (χ3n) is 4.33. The molecule has 1 atom stereocenters. The Labute approximate surface area is 143 Å². The molecule has 0 bridgehead atoms. The lowest BCUT2D eigenvalue weighted by Crippen LogP contribution is -2.38. The summed E-state index contributed by atoms with van der Waals surface area (Å²) in [5.41, 5.74) is 0.627. The van der Waals surface area contributed by atoms with Gasteiger partial charge in [0.2, 0.25) is 5.91 Å². The molecule has 0 spiro atoms. The summed E-state index contributed by atoms with van der Waals surface area (Å²) in [6.45, 7) is 6.78. The van der Waals surface area contributed by atoms with Crippen molar-refractivity contribution in [2.24, 2.45) is 7.05 Å². The van der Waals surface area contributed by atoms with Crippen LogP contribution in [0.1, 0.15) is 58.3 Å². The van der Waals surface area contributed by atoms with E-state index in [1.807, 2.05) is 36.9 Å². The first-order valence-corrected chi connectivity index (χ1v) is 8.80. The number of amides is 1. The highest BCUT2D eigenvalue weighted by atomic mass is 16.2. The van der Waals surface area contributed by atoms with Crippen LogP contribution in [0, 0.1) is 0 Å². The fraction of sp³-hybridized carbons (Fsp3) is 0.526. The number of nitrogens with zero attached hydrogens (tertiary/aromatic N) is 3. The third-order valence-corrected chi connectivity index (χ3v) is 4.33. The second-order valence-corrected chi connectivity index (χ2v) is 6.11. The maximum absolute atomic E-state index is 12.7. The van der Waals surface area contributed by atoms with Gasteiger partial charge in [0.25, 0.3) is 5.56 Å². The summed E-state index contributed by atoms with van der Waals surface area (Å²) in [6.07, 6.45) is 2.96. The first-order valence-electron chi connectivity index (χ1n) is 8.80. The molecule has 0 N–H and O–H groups in total. The van der Waals surface area contributed by atoms with Crippen LogP contribution in [0.2, 0.25) is 0 Å². The van der Waals surface area contributed by atoms with Crippen molar-refractivity contribution in [2.75, 3.05) is 6.54 Å². The summed E-state index contributed by atoms with van der Waals surface area (Å²) in [5.74, 6) is 0.799. The average Bonchev–Trinajstić information content (AvgIpc) is 2.59. The summed E-state index contributed by atoms with van der Waals surface area (Å²) in [4.78, 5) is 31.9. The van der Waals surface area contributed by atoms with E-state index < -0.39 is 0 Å². The molecule has 1 amide bonds. The molecule has 1 heterocycles. The Bertz CT molecular complexity index is 767. The van der Waals surface area contributed by atoms with Crippen molar-refractivity contribution in [3.8, 4) is 0 Å². The number of hydrogen-bond donors (Lipinski definition) is 0. The number of fused-ring (bicyclic) bond motifs is 1. The van der Waals surface area contributed by atoms with Gasteiger partial charge in [-0.3, -0.25) is 14.2 Å². The van der Waals surface area contributed by atoms with Crippen molar-refractivity contribution < 1.29 is 4.79 Å². The standard InChI is InChI=1S/C19H27N3O2/c1-5-10-17(23)22(13-6-2)16(7-3)18-20-15-12-9-8-11-14(15)19(24)21(18)4/h8-9,11-12,16H,5-7,10,13H2,1-4H3. The molecule has 2 aromatic rings. The minimum absolute atomic E-state index is 0.0616. The van der Waals surface area contributed by atoms with E-state index in [2.05, 4.69) is 6.92 Å². The van der Waals surface area contributed by atoms with Crippen molar-refractivity contribution in [2.45, 2.75) is 52.5 Å². The molecule has 0 saturated heterocycles. The van der Waals surface area contributed by atoms with E-state index >= 15 is 0 Å². The van der Waals surface area contributed by atoms with Crippen LogP contribution in [0.4, 0.5) is 0 Å². The van der Waals surface area contributed by atoms with Crippen molar-refractivity contribution in [1.82, 2.24) is 14.5 Å². The quantitative estimate of drug-likeness (QED) is 0.782. The van der Waals surface area contributed by atoms with E-state index in [1.165, 1.54) is 0 Å². The van der Waals surface area contributed by atoms with E-state index in [0.717, 1.165) is 19.3 Å². The zero-order valence-corrected chi connectivity index (χ0v) is 15.1. The lowest BCUT2D eigenvalue weighted by Gasteiger charge is -2.31. The van der Waals surface area contributed by atoms with Crippen LogP contribution in [0.15, 0.2) is 29.1 Å². The molecular weight excluding hydrogens is 302 g/mol. The zero-order valence-electron chi connectivity index (χ0n) is 15.1. The molecule has 5 nitrogen and oxygen atoms in total. The van der Waals surface area contributed by atoms with E-state index in [4.69, 9.17) is 4.98 Å². The number of benzene rings is 1. The van der Waals surface area contributed by atoms with Gasteiger partial charge in [0, 0.05) is 20.0 Å². The van der Waals surface area contributed by atoms with Gasteiger partial charge in [0.1, 0.15) is 5.82 Å². The maximum atomic E-state index is 12.7. The van der Waals surface area contributed by atoms with Gasteiger partial charge in [-0.15, -0.1) is 0 Å². The Kier molecular flexibility index (Phi) is 6.12. The largest absolute Gasteiger partial charge is 0.333 e. The molecule has 1 aromatic carbocycles. The fourth-order valence-corrected chi connectivity index (χ4v) is 3.13. The first kappa shape index (κ1) is 18.2. The fourth-order valence-electron chi connectivity index (χ4n) is 3.13. The molecule has 24 heavy (non-hydrogen) atoms. The minimum atomic E-state index is -0.175. The molecule has 130 valence electrons. The highest BCUT2D eigenvalue weighted by Crippen LogP contribution is 2.24. The van der Waals surface area contributed by atoms with Crippen LogP contribution in [-0.4, -0.2) is 26.9 Å². The Morgan fingerprint density at radius 1 is 1.21 bits per heavy atom. The van der Waals surface area contributed by atoms with Crippen molar-refractivity contribution in [3.63, 3.8) is 0 Å². The summed E-state index contributed by atoms with van der Waals surface area (Å²) in [7, 11) is 1.74. The van der Waals surface area contributed by atoms with Crippen LogP contribution in [0.25, 0.3) is 10.9 Å². The van der Waals surface area contributed by atoms with Gasteiger partial charge < -0.3 is 4.90 Å². The number of hydrogen-bond acceptors (Lipinski definition) is 3. The van der Waals surface area contributed by atoms with Crippen LogP contribution in [-0.2, 0) is 11.8 Å². The maximum Gasteiger partial charge on any atom is 0.261 e. The number of para-hydroxylation sites is 1. The van der Waals surface area contributed by atoms with Crippen molar-refractivity contribution in [1.29, 1.82) is 0 Å². The van der Waals surface area contributed by atoms with E-state index in [0.29, 0.717) is 29.7 Å². The first-order chi connectivity index (χ1) is 11.5. The van der Waals surface area contributed by atoms with E-state index in [-0.39, 0.29) is 17.5 Å². The Hall–Kier alpha value is -2.17. The lowest BCUT2D eigenvalue weighted by atomic mass is 10.1. The van der Waals surface area contributed by atoms with Gasteiger partial charge >= 0.3 is 0 Å². The molecule has 0 saturated carbocycles. The summed E-state index contributed by atoms with van der Waals surface area (Å²) in [6, 6.07) is 7.19. The van der Waals surface area contributed by atoms with Gasteiger partial charge in [-0.05, 0) is 31.4 Å². The van der Waals surface area contributed by atoms with Gasteiger partial charge in [-0.2, -0.15) is 0 Å². The Balaban J connectivity index is 2.56. The normalized spacial score (nSPS) is 12.3. The van der Waals surface area contributed by atoms with Gasteiger partial charge in [-0.1, -0.05) is 32.9 Å². The summed E-state index contributed by atoms with van der Waals surface area (Å²) in [5, 5.41) is 0.612. The highest BCUT2D eigenvalue weighted by Gasteiger charge is 2.26. The lowest BCUT2D eigenvalue weighted by molar-refractivity contribution is -0.134. The number of aromatic nitrogens is 2. The van der Waals surface area contributed by atoms with Gasteiger partial charge in [0.15, 0.2) is 0 Å². The smallest absolute Gasteiger partial charge is 0.261 e. The van der Waals surface area contributed by atoms with Crippen molar-refractivity contribution >= 4 is 16.8 Å². The molecule has 0 aliphatic carbocycles. The third kappa shape index (κ3) is 3.50.